The molecular formula is C20H23ClF3N5OS2. The molecular weight excluding hydrogens is 483 g/mol. The minimum atomic E-state index is -4.38. The number of rotatable bonds is 11. The van der Waals surface area contributed by atoms with Gasteiger partial charge in [-0.1, -0.05) is 11.6 Å². The van der Waals surface area contributed by atoms with Gasteiger partial charge in [-0.25, -0.2) is 9.67 Å². The van der Waals surface area contributed by atoms with Gasteiger partial charge in [-0.05, 0) is 32.7 Å². The first-order chi connectivity index (χ1) is 15.1. The molecule has 1 amide bonds. The monoisotopic (exact) mass is 505 g/mol. The molecule has 0 aliphatic carbocycles. The van der Waals surface area contributed by atoms with Crippen LogP contribution in [0.5, 0.6) is 0 Å². The summed E-state index contributed by atoms with van der Waals surface area (Å²) in [5, 5.41) is 5.12. The van der Waals surface area contributed by atoms with E-state index in [0.29, 0.717) is 22.8 Å². The molecule has 0 radical (unpaired) electrons. The van der Waals surface area contributed by atoms with Gasteiger partial charge in [0.25, 0.3) is 0 Å². The highest BCUT2D eigenvalue weighted by atomic mass is 35.5. The zero-order valence-corrected chi connectivity index (χ0v) is 19.9. The second-order valence-corrected chi connectivity index (χ2v) is 9.02. The van der Waals surface area contributed by atoms with Crippen LogP contribution < -0.4 is 4.90 Å². The fourth-order valence-corrected chi connectivity index (χ4v) is 4.80. The lowest BCUT2D eigenvalue weighted by Gasteiger charge is -2.23. The van der Waals surface area contributed by atoms with E-state index in [0.717, 1.165) is 11.8 Å². The van der Waals surface area contributed by atoms with Gasteiger partial charge < -0.3 is 4.90 Å². The van der Waals surface area contributed by atoms with Crippen LogP contribution in [0.3, 0.4) is 0 Å². The molecule has 2 aromatic heterocycles. The van der Waals surface area contributed by atoms with Crippen LogP contribution in [0, 0.1) is 0 Å². The smallest absolute Gasteiger partial charge is 0.308 e. The first kappa shape index (κ1) is 26.1. The fourth-order valence-electron chi connectivity index (χ4n) is 2.77. The van der Waals surface area contributed by atoms with E-state index in [2.05, 4.69) is 21.8 Å². The number of hydrogen-bond acceptors (Lipinski definition) is 6. The summed E-state index contributed by atoms with van der Waals surface area (Å²) in [7, 11) is 0. The summed E-state index contributed by atoms with van der Waals surface area (Å²) < 4.78 is 40.8. The van der Waals surface area contributed by atoms with Gasteiger partial charge in [0.15, 0.2) is 5.15 Å². The van der Waals surface area contributed by atoms with Gasteiger partial charge in [0.05, 0.1) is 23.8 Å². The number of aliphatic imine (C=N–C) groups is 1. The molecule has 0 N–H and O–H groups in total. The van der Waals surface area contributed by atoms with Crippen LogP contribution in [0.2, 0.25) is 5.15 Å². The number of thioether (sulfide) groups is 1. The highest BCUT2D eigenvalue weighted by Gasteiger charge is 2.34. The molecule has 0 aliphatic rings. The van der Waals surface area contributed by atoms with Crippen molar-refractivity contribution in [2.24, 2.45) is 4.99 Å². The van der Waals surface area contributed by atoms with Crippen molar-refractivity contribution in [3.8, 4) is 0 Å². The third-order valence-electron chi connectivity index (χ3n) is 4.26. The van der Waals surface area contributed by atoms with Gasteiger partial charge in [0.2, 0.25) is 5.91 Å². The molecule has 2 rings (SSSR count). The standard InChI is InChI=1S/C20H23ClF3N5OS2/c1-4-28(17-10-29(27-19(17)21)14(2)6-5-7-25-3)18(30)8-16(9-20(22,23)24)32-12-15-11-31-13-26-15/h5-7,10-11,13,16H,3-4,8-9,12H2,1-2H3/b7-5-,14-6+. The number of carbonyl (C=O) groups is 1. The molecule has 1 atom stereocenters. The number of halogens is 4. The number of thiazole rings is 1. The number of hydrogen-bond donors (Lipinski definition) is 0. The van der Waals surface area contributed by atoms with E-state index in [1.54, 1.807) is 43.1 Å². The number of alkyl halides is 3. The van der Waals surface area contributed by atoms with Crippen molar-refractivity contribution in [2.45, 2.75) is 43.9 Å². The third-order valence-corrected chi connectivity index (χ3v) is 6.43. The molecule has 174 valence electrons. The van der Waals surface area contributed by atoms with Gasteiger partial charge in [0.1, 0.15) is 5.69 Å². The number of anilines is 1. The van der Waals surface area contributed by atoms with Crippen molar-refractivity contribution in [1.82, 2.24) is 14.8 Å². The van der Waals surface area contributed by atoms with E-state index < -0.39 is 23.8 Å². The SMILES string of the molecule is C=N/C=C\C=C(/C)n1cc(N(CC)C(=O)CC(CC(F)(F)F)SCc2cscn2)c(Cl)n1. The highest BCUT2D eigenvalue weighted by Crippen LogP contribution is 2.33. The molecule has 32 heavy (non-hydrogen) atoms. The van der Waals surface area contributed by atoms with Crippen LogP contribution in [0.25, 0.3) is 5.70 Å². The van der Waals surface area contributed by atoms with E-state index >= 15 is 0 Å². The lowest BCUT2D eigenvalue weighted by atomic mass is 10.2. The van der Waals surface area contributed by atoms with Gasteiger partial charge >= 0.3 is 6.18 Å². The Morgan fingerprint density at radius 2 is 2.25 bits per heavy atom. The zero-order valence-electron chi connectivity index (χ0n) is 17.5. The number of nitrogens with zero attached hydrogens (tertiary/aromatic N) is 5. The molecule has 2 heterocycles. The Hall–Kier alpha value is -2.11. The quantitative estimate of drug-likeness (QED) is 0.275. The summed E-state index contributed by atoms with van der Waals surface area (Å²) >= 11 is 8.70. The summed E-state index contributed by atoms with van der Waals surface area (Å²) in [6, 6.07) is 0. The molecule has 0 aromatic carbocycles. The molecule has 0 saturated heterocycles. The molecule has 0 bridgehead atoms. The molecule has 6 nitrogen and oxygen atoms in total. The van der Waals surface area contributed by atoms with E-state index in [1.807, 2.05) is 0 Å². The molecule has 0 fully saturated rings. The predicted molar refractivity (Wildman–Crippen MR) is 126 cm³/mol. The average molecular weight is 506 g/mol. The van der Waals surface area contributed by atoms with Crippen molar-refractivity contribution in [2.75, 3.05) is 11.4 Å². The minimum absolute atomic E-state index is 0.0845. The van der Waals surface area contributed by atoms with Crippen LogP contribution in [-0.2, 0) is 10.5 Å². The molecule has 0 spiro atoms. The topological polar surface area (TPSA) is 63.4 Å². The predicted octanol–water partition coefficient (Wildman–Crippen LogP) is 6.07. The maximum atomic E-state index is 13.1. The Labute approximate surface area is 197 Å². The largest absolute Gasteiger partial charge is 0.390 e. The number of carbonyl (C=O) groups excluding carboxylic acids is 1. The van der Waals surface area contributed by atoms with E-state index in [9.17, 15) is 18.0 Å². The van der Waals surface area contributed by atoms with Crippen LogP contribution in [-0.4, -0.2) is 45.4 Å². The Balaban J connectivity index is 2.17. The van der Waals surface area contributed by atoms with Crippen molar-refractivity contribution in [3.63, 3.8) is 0 Å². The summed E-state index contributed by atoms with van der Waals surface area (Å²) in [4.78, 5) is 22.0. The zero-order chi connectivity index (χ0) is 23.7. The Morgan fingerprint density at radius 1 is 1.50 bits per heavy atom. The maximum absolute atomic E-state index is 13.1. The van der Waals surface area contributed by atoms with Crippen LogP contribution in [0.4, 0.5) is 18.9 Å². The van der Waals surface area contributed by atoms with Crippen molar-refractivity contribution in [3.05, 3.63) is 46.3 Å². The van der Waals surface area contributed by atoms with Crippen molar-refractivity contribution in [1.29, 1.82) is 0 Å². The van der Waals surface area contributed by atoms with Crippen LogP contribution in [0.15, 0.2) is 40.4 Å². The van der Waals surface area contributed by atoms with Crippen molar-refractivity contribution < 1.29 is 18.0 Å². The lowest BCUT2D eigenvalue weighted by molar-refractivity contribution is -0.135. The van der Waals surface area contributed by atoms with E-state index in [4.69, 9.17) is 11.6 Å². The summed E-state index contributed by atoms with van der Waals surface area (Å²) in [6.45, 7) is 7.10. The summed E-state index contributed by atoms with van der Waals surface area (Å²) in [6.07, 6.45) is 0.745. The van der Waals surface area contributed by atoms with Crippen molar-refractivity contribution >= 4 is 58.7 Å². The molecule has 2 aromatic rings. The van der Waals surface area contributed by atoms with Crippen LogP contribution in [0.1, 0.15) is 32.4 Å². The molecule has 0 saturated carbocycles. The Morgan fingerprint density at radius 3 is 2.84 bits per heavy atom. The minimum Gasteiger partial charge on any atom is -0.308 e. The normalized spacial score (nSPS) is 13.5. The highest BCUT2D eigenvalue weighted by molar-refractivity contribution is 7.99. The lowest BCUT2D eigenvalue weighted by Crippen LogP contribution is -2.33. The Bertz CT molecular complexity index is 957. The number of allylic oxidation sites excluding steroid dienone is 3. The Kier molecular flexibility index (Phi) is 9.98. The van der Waals surface area contributed by atoms with Gasteiger partial charge in [-0.2, -0.15) is 30.0 Å². The van der Waals surface area contributed by atoms with E-state index in [-0.39, 0.29) is 18.1 Å². The van der Waals surface area contributed by atoms with Gasteiger partial charge in [0, 0.05) is 41.2 Å². The second-order valence-electron chi connectivity index (χ2n) is 6.66. The molecule has 1 unspecified atom stereocenters. The first-order valence-electron chi connectivity index (χ1n) is 9.55. The number of aromatic nitrogens is 3. The van der Waals surface area contributed by atoms with Gasteiger partial charge in [-0.15, -0.1) is 11.3 Å². The molecule has 0 aliphatic heterocycles. The average Bonchev–Trinajstić information content (AvgIpc) is 3.36. The fraction of sp³-hybridized carbons (Fsp3) is 0.400. The maximum Gasteiger partial charge on any atom is 0.390 e. The summed E-state index contributed by atoms with van der Waals surface area (Å²) in [5.74, 6) is -0.147. The second kappa shape index (κ2) is 12.2. The summed E-state index contributed by atoms with van der Waals surface area (Å²) in [5.41, 5.74) is 3.36. The van der Waals surface area contributed by atoms with E-state index in [1.165, 1.54) is 27.1 Å². The van der Waals surface area contributed by atoms with Crippen LogP contribution >= 0.6 is 34.7 Å². The number of amides is 1. The third kappa shape index (κ3) is 8.10. The first-order valence-corrected chi connectivity index (χ1v) is 11.9. The molecule has 12 heteroatoms. The van der Waals surface area contributed by atoms with Gasteiger partial charge in [-0.3, -0.25) is 9.79 Å².